The minimum atomic E-state index is -0.0722. The molecule has 8 heteroatoms. The molecular formula is C16H16N4O2S2. The summed E-state index contributed by atoms with van der Waals surface area (Å²) < 4.78 is 5.21. The number of amides is 1. The molecular weight excluding hydrogens is 344 g/mol. The zero-order valence-corrected chi connectivity index (χ0v) is 14.6. The Labute approximate surface area is 146 Å². The zero-order chi connectivity index (χ0) is 16.4. The van der Waals surface area contributed by atoms with Crippen LogP contribution in [0, 0.1) is 0 Å². The van der Waals surface area contributed by atoms with Crippen LogP contribution in [-0.4, -0.2) is 21.0 Å². The van der Waals surface area contributed by atoms with Crippen LogP contribution in [0.2, 0.25) is 0 Å². The Kier molecular flexibility index (Phi) is 4.40. The van der Waals surface area contributed by atoms with E-state index in [0.29, 0.717) is 29.7 Å². The Morgan fingerprint density at radius 2 is 2.21 bits per heavy atom. The van der Waals surface area contributed by atoms with Crippen LogP contribution in [0.15, 0.2) is 22.0 Å². The SMILES string of the molecule is O=C(CCc1nc(-c2cccs2)no1)Nc1nc2c(s1)CCCC2. The van der Waals surface area contributed by atoms with Crippen LogP contribution in [0.3, 0.4) is 0 Å². The predicted octanol–water partition coefficient (Wildman–Crippen LogP) is 3.70. The fourth-order valence-corrected chi connectivity index (χ4v) is 4.39. The second-order valence-corrected chi connectivity index (χ2v) is 7.66. The van der Waals surface area contributed by atoms with Gasteiger partial charge in [0.05, 0.1) is 10.6 Å². The molecule has 3 heterocycles. The summed E-state index contributed by atoms with van der Waals surface area (Å²) in [6, 6.07) is 3.88. The summed E-state index contributed by atoms with van der Waals surface area (Å²) in [5.74, 6) is 0.983. The van der Waals surface area contributed by atoms with Crippen LogP contribution in [0.1, 0.15) is 35.7 Å². The number of anilines is 1. The monoisotopic (exact) mass is 360 g/mol. The van der Waals surface area contributed by atoms with Crippen molar-refractivity contribution in [3.05, 3.63) is 34.0 Å². The van der Waals surface area contributed by atoms with Gasteiger partial charge in [-0.05, 0) is 37.1 Å². The second-order valence-electron chi connectivity index (χ2n) is 5.63. The van der Waals surface area contributed by atoms with E-state index in [1.165, 1.54) is 17.7 Å². The van der Waals surface area contributed by atoms with E-state index in [1.807, 2.05) is 17.5 Å². The van der Waals surface area contributed by atoms with Gasteiger partial charge in [0.2, 0.25) is 17.6 Å². The van der Waals surface area contributed by atoms with Crippen molar-refractivity contribution in [2.24, 2.45) is 0 Å². The minimum absolute atomic E-state index is 0.0722. The summed E-state index contributed by atoms with van der Waals surface area (Å²) in [7, 11) is 0. The van der Waals surface area contributed by atoms with Gasteiger partial charge in [-0.1, -0.05) is 11.2 Å². The quantitative estimate of drug-likeness (QED) is 0.750. The lowest BCUT2D eigenvalue weighted by atomic mass is 10.0. The highest BCUT2D eigenvalue weighted by molar-refractivity contribution is 7.15. The van der Waals surface area contributed by atoms with Crippen molar-refractivity contribution in [3.63, 3.8) is 0 Å². The lowest BCUT2D eigenvalue weighted by Gasteiger charge is -2.06. The molecule has 1 aliphatic rings. The maximum absolute atomic E-state index is 12.1. The van der Waals surface area contributed by atoms with Crippen molar-refractivity contribution < 1.29 is 9.32 Å². The first-order chi connectivity index (χ1) is 11.8. The number of carbonyl (C=O) groups excluding carboxylic acids is 1. The van der Waals surface area contributed by atoms with E-state index in [4.69, 9.17) is 4.52 Å². The van der Waals surface area contributed by atoms with E-state index in [2.05, 4.69) is 20.4 Å². The molecule has 0 bridgehead atoms. The van der Waals surface area contributed by atoms with Crippen LogP contribution in [0.5, 0.6) is 0 Å². The highest BCUT2D eigenvalue weighted by atomic mass is 32.1. The number of nitrogens with one attached hydrogen (secondary N) is 1. The van der Waals surface area contributed by atoms with E-state index in [1.54, 1.807) is 22.7 Å². The number of aromatic nitrogens is 3. The second kappa shape index (κ2) is 6.82. The number of carbonyl (C=O) groups is 1. The third-order valence-corrected chi connectivity index (χ3v) is 5.81. The molecule has 0 radical (unpaired) electrons. The summed E-state index contributed by atoms with van der Waals surface area (Å²) >= 11 is 3.15. The van der Waals surface area contributed by atoms with Gasteiger partial charge in [-0.3, -0.25) is 4.79 Å². The van der Waals surface area contributed by atoms with Crippen molar-refractivity contribution in [1.29, 1.82) is 0 Å². The van der Waals surface area contributed by atoms with Crippen molar-refractivity contribution >= 4 is 33.7 Å². The Morgan fingerprint density at radius 1 is 1.29 bits per heavy atom. The fraction of sp³-hybridized carbons (Fsp3) is 0.375. The predicted molar refractivity (Wildman–Crippen MR) is 93.3 cm³/mol. The molecule has 0 spiro atoms. The summed E-state index contributed by atoms with van der Waals surface area (Å²) in [5.41, 5.74) is 1.15. The van der Waals surface area contributed by atoms with Crippen LogP contribution < -0.4 is 5.32 Å². The van der Waals surface area contributed by atoms with Gasteiger partial charge in [-0.2, -0.15) is 4.98 Å². The lowest BCUT2D eigenvalue weighted by molar-refractivity contribution is -0.116. The molecule has 0 unspecified atom stereocenters. The fourth-order valence-electron chi connectivity index (χ4n) is 2.67. The van der Waals surface area contributed by atoms with Gasteiger partial charge in [0.15, 0.2) is 5.13 Å². The summed E-state index contributed by atoms with van der Waals surface area (Å²) in [4.78, 5) is 23.2. The number of fused-ring (bicyclic) bond motifs is 1. The van der Waals surface area contributed by atoms with Crippen LogP contribution >= 0.6 is 22.7 Å². The molecule has 0 atom stereocenters. The topological polar surface area (TPSA) is 80.9 Å². The molecule has 1 amide bonds. The first-order valence-corrected chi connectivity index (χ1v) is 9.62. The smallest absolute Gasteiger partial charge is 0.227 e. The van der Waals surface area contributed by atoms with Gasteiger partial charge in [0.25, 0.3) is 0 Å². The first kappa shape index (κ1) is 15.5. The maximum Gasteiger partial charge on any atom is 0.227 e. The van der Waals surface area contributed by atoms with Gasteiger partial charge in [0, 0.05) is 17.7 Å². The summed E-state index contributed by atoms with van der Waals surface area (Å²) in [6.45, 7) is 0. The van der Waals surface area contributed by atoms with Crippen molar-refractivity contribution in [2.45, 2.75) is 38.5 Å². The molecule has 0 saturated carbocycles. The first-order valence-electron chi connectivity index (χ1n) is 7.93. The van der Waals surface area contributed by atoms with Gasteiger partial charge < -0.3 is 9.84 Å². The highest BCUT2D eigenvalue weighted by Gasteiger charge is 2.17. The van der Waals surface area contributed by atoms with Gasteiger partial charge in [-0.15, -0.1) is 22.7 Å². The Hall–Kier alpha value is -2.06. The normalized spacial score (nSPS) is 13.7. The molecule has 124 valence electrons. The van der Waals surface area contributed by atoms with Crippen molar-refractivity contribution in [1.82, 2.24) is 15.1 Å². The zero-order valence-electron chi connectivity index (χ0n) is 12.9. The third-order valence-electron chi connectivity index (χ3n) is 3.87. The molecule has 6 nitrogen and oxygen atoms in total. The molecule has 3 aromatic heterocycles. The molecule has 4 rings (SSSR count). The highest BCUT2D eigenvalue weighted by Crippen LogP contribution is 2.29. The van der Waals surface area contributed by atoms with Crippen molar-refractivity contribution in [2.75, 3.05) is 5.32 Å². The van der Waals surface area contributed by atoms with Gasteiger partial charge in [0.1, 0.15) is 0 Å². The maximum atomic E-state index is 12.1. The number of thiophene rings is 1. The van der Waals surface area contributed by atoms with Crippen LogP contribution in [-0.2, 0) is 24.1 Å². The largest absolute Gasteiger partial charge is 0.339 e. The Morgan fingerprint density at radius 3 is 3.04 bits per heavy atom. The number of hydrogen-bond acceptors (Lipinski definition) is 7. The number of hydrogen-bond donors (Lipinski definition) is 1. The van der Waals surface area contributed by atoms with E-state index in [-0.39, 0.29) is 5.91 Å². The van der Waals surface area contributed by atoms with Gasteiger partial charge >= 0.3 is 0 Å². The summed E-state index contributed by atoms with van der Waals surface area (Å²) in [5, 5.41) is 9.50. The van der Waals surface area contributed by atoms with E-state index in [9.17, 15) is 4.79 Å². The standard InChI is InChI=1S/C16H16N4O2S2/c21-13(18-16-17-10-4-1-2-5-11(10)24-16)7-8-14-19-15(20-22-14)12-6-3-9-23-12/h3,6,9H,1-2,4-5,7-8H2,(H,17,18,21). The molecule has 0 fully saturated rings. The molecule has 1 N–H and O–H groups in total. The average Bonchev–Trinajstić information content (AvgIpc) is 3.31. The van der Waals surface area contributed by atoms with Crippen LogP contribution in [0.25, 0.3) is 10.7 Å². The molecule has 0 aromatic carbocycles. The molecule has 3 aromatic rings. The number of rotatable bonds is 5. The van der Waals surface area contributed by atoms with E-state index < -0.39 is 0 Å². The van der Waals surface area contributed by atoms with E-state index >= 15 is 0 Å². The number of nitrogens with zero attached hydrogens (tertiary/aromatic N) is 3. The lowest BCUT2D eigenvalue weighted by Crippen LogP contribution is -2.12. The number of aryl methyl sites for hydroxylation is 3. The third kappa shape index (κ3) is 3.39. The Balaban J connectivity index is 1.33. The van der Waals surface area contributed by atoms with Crippen molar-refractivity contribution in [3.8, 4) is 10.7 Å². The molecule has 1 aliphatic carbocycles. The van der Waals surface area contributed by atoms with Crippen LogP contribution in [0.4, 0.5) is 5.13 Å². The average molecular weight is 360 g/mol. The molecule has 24 heavy (non-hydrogen) atoms. The minimum Gasteiger partial charge on any atom is -0.339 e. The van der Waals surface area contributed by atoms with Gasteiger partial charge in [-0.25, -0.2) is 4.98 Å². The Bertz CT molecular complexity index is 815. The van der Waals surface area contributed by atoms with E-state index in [0.717, 1.165) is 23.4 Å². The summed E-state index contributed by atoms with van der Waals surface area (Å²) in [6.07, 6.45) is 5.23. The molecule has 0 aliphatic heterocycles. The molecule has 0 saturated heterocycles. The number of thiazole rings is 1.